The molecule has 0 radical (unpaired) electrons. The van der Waals surface area contributed by atoms with Crippen LogP contribution >= 0.6 is 0 Å². The molecular weight excluding hydrogens is 338 g/mol. The first-order valence-electron chi connectivity index (χ1n) is 8.56. The third-order valence-corrected chi connectivity index (χ3v) is 4.69. The number of nitrogens with zero attached hydrogens (tertiary/aromatic N) is 1. The van der Waals surface area contributed by atoms with Gasteiger partial charge in [-0.25, -0.2) is 4.68 Å². The number of aromatic amines is 1. The first kappa shape index (κ1) is 19.4. The third kappa shape index (κ3) is 4.19. The van der Waals surface area contributed by atoms with E-state index in [9.17, 15) is 19.2 Å². The number of benzene rings is 1. The number of fused-ring (bicyclic) bond motifs is 1. The van der Waals surface area contributed by atoms with Crippen LogP contribution in [0.25, 0.3) is 10.8 Å². The van der Waals surface area contributed by atoms with Crippen molar-refractivity contribution >= 4 is 22.6 Å². The number of carboxylic acids is 1. The van der Waals surface area contributed by atoms with Gasteiger partial charge in [-0.05, 0) is 25.0 Å². The quantitative estimate of drug-likeness (QED) is 0.653. The highest BCUT2D eigenvalue weighted by atomic mass is 16.4. The topological polar surface area (TPSA) is 121 Å². The Balaban J connectivity index is 2.16. The Labute approximate surface area is 149 Å². The van der Waals surface area contributed by atoms with E-state index in [0.29, 0.717) is 23.6 Å². The van der Waals surface area contributed by atoms with Crippen LogP contribution in [0.4, 0.5) is 0 Å². The molecule has 0 saturated carbocycles. The van der Waals surface area contributed by atoms with Gasteiger partial charge in [0, 0.05) is 12.0 Å². The van der Waals surface area contributed by atoms with Gasteiger partial charge in [-0.1, -0.05) is 26.0 Å². The molecule has 0 unspecified atom stereocenters. The Hall–Kier alpha value is -2.90. The van der Waals surface area contributed by atoms with Gasteiger partial charge >= 0.3 is 5.97 Å². The maximum atomic E-state index is 12.4. The average Bonchev–Trinajstić information content (AvgIpc) is 2.62. The number of carboxylic acid groups (broad SMARTS) is 1. The predicted molar refractivity (Wildman–Crippen MR) is 97.2 cm³/mol. The van der Waals surface area contributed by atoms with Crippen molar-refractivity contribution in [3.63, 3.8) is 0 Å². The number of rotatable bonds is 8. The van der Waals surface area contributed by atoms with E-state index in [4.69, 9.17) is 5.11 Å². The van der Waals surface area contributed by atoms with Gasteiger partial charge in [-0.15, -0.1) is 0 Å². The van der Waals surface area contributed by atoms with Gasteiger partial charge in [0.25, 0.3) is 11.1 Å². The van der Waals surface area contributed by atoms with Crippen molar-refractivity contribution in [2.45, 2.75) is 51.6 Å². The molecule has 1 aromatic heterocycles. The van der Waals surface area contributed by atoms with Gasteiger partial charge in [0.2, 0.25) is 5.91 Å². The lowest BCUT2D eigenvalue weighted by Gasteiger charge is -2.31. The molecule has 8 heteroatoms. The first-order chi connectivity index (χ1) is 12.3. The molecule has 0 spiro atoms. The predicted octanol–water partition coefficient (Wildman–Crippen LogP) is 1.23. The highest BCUT2D eigenvalue weighted by Crippen LogP contribution is 2.20. The van der Waals surface area contributed by atoms with E-state index in [1.807, 2.05) is 13.8 Å². The monoisotopic (exact) mass is 361 g/mol. The van der Waals surface area contributed by atoms with Gasteiger partial charge in [0.05, 0.1) is 23.7 Å². The van der Waals surface area contributed by atoms with E-state index in [-0.39, 0.29) is 30.9 Å². The van der Waals surface area contributed by atoms with Crippen molar-refractivity contribution in [1.29, 1.82) is 0 Å². The molecule has 140 valence electrons. The summed E-state index contributed by atoms with van der Waals surface area (Å²) in [7, 11) is 0. The second-order valence-electron chi connectivity index (χ2n) is 6.30. The fourth-order valence-electron chi connectivity index (χ4n) is 2.99. The van der Waals surface area contributed by atoms with Crippen molar-refractivity contribution in [3.8, 4) is 0 Å². The molecule has 0 aliphatic rings. The molecule has 1 heterocycles. The van der Waals surface area contributed by atoms with Crippen molar-refractivity contribution in [2.24, 2.45) is 0 Å². The Morgan fingerprint density at radius 2 is 1.77 bits per heavy atom. The Morgan fingerprint density at radius 1 is 1.15 bits per heavy atom. The SMILES string of the molecule is CCC(CC)(CC(=O)O)NC(=O)CCn1[nH]c(=O)c2ccccc2c1=O. The van der Waals surface area contributed by atoms with Crippen molar-refractivity contribution < 1.29 is 14.7 Å². The van der Waals surface area contributed by atoms with Crippen molar-refractivity contribution in [1.82, 2.24) is 15.1 Å². The average molecular weight is 361 g/mol. The van der Waals surface area contributed by atoms with Gasteiger partial charge < -0.3 is 10.4 Å². The number of aromatic nitrogens is 2. The fraction of sp³-hybridized carbons (Fsp3) is 0.444. The molecular formula is C18H23N3O5. The molecule has 8 nitrogen and oxygen atoms in total. The van der Waals surface area contributed by atoms with E-state index in [2.05, 4.69) is 10.4 Å². The van der Waals surface area contributed by atoms with Crippen LogP contribution in [0, 0.1) is 0 Å². The lowest BCUT2D eigenvalue weighted by Crippen LogP contribution is -2.49. The van der Waals surface area contributed by atoms with E-state index in [1.54, 1.807) is 24.3 Å². The summed E-state index contributed by atoms with van der Waals surface area (Å²) < 4.78 is 1.11. The zero-order chi connectivity index (χ0) is 19.3. The zero-order valence-electron chi connectivity index (χ0n) is 14.9. The normalized spacial score (nSPS) is 11.5. The van der Waals surface area contributed by atoms with Crippen LogP contribution in [0.3, 0.4) is 0 Å². The van der Waals surface area contributed by atoms with Crippen molar-refractivity contribution in [2.75, 3.05) is 0 Å². The van der Waals surface area contributed by atoms with Gasteiger partial charge in [-0.2, -0.15) is 0 Å². The van der Waals surface area contributed by atoms with Crippen LogP contribution in [0.2, 0.25) is 0 Å². The molecule has 0 aliphatic carbocycles. The Bertz CT molecular complexity index is 924. The lowest BCUT2D eigenvalue weighted by molar-refractivity contribution is -0.139. The minimum absolute atomic E-state index is 0.00131. The Morgan fingerprint density at radius 3 is 2.35 bits per heavy atom. The summed E-state index contributed by atoms with van der Waals surface area (Å²) >= 11 is 0. The molecule has 1 aromatic carbocycles. The number of aliphatic carboxylic acids is 1. The minimum Gasteiger partial charge on any atom is -0.481 e. The summed E-state index contributed by atoms with van der Waals surface area (Å²) in [6.45, 7) is 3.64. The molecule has 2 rings (SSSR count). The number of hydrogen-bond donors (Lipinski definition) is 3. The van der Waals surface area contributed by atoms with E-state index in [0.717, 1.165) is 4.68 Å². The highest BCUT2D eigenvalue weighted by molar-refractivity contribution is 5.80. The van der Waals surface area contributed by atoms with Crippen LogP contribution < -0.4 is 16.4 Å². The number of nitrogens with one attached hydrogen (secondary N) is 2. The number of H-pyrrole nitrogens is 1. The molecule has 0 saturated heterocycles. The number of amides is 1. The highest BCUT2D eigenvalue weighted by Gasteiger charge is 2.30. The number of carbonyl (C=O) groups is 2. The Kier molecular flexibility index (Phi) is 5.97. The molecule has 26 heavy (non-hydrogen) atoms. The standard InChI is InChI=1S/C18H23N3O5/c1-3-18(4-2,11-15(23)24)19-14(22)9-10-21-17(26)13-8-6-5-7-12(13)16(25)20-21/h5-8H,3-4,9-11H2,1-2H3,(H,19,22)(H,20,25)(H,23,24). The minimum atomic E-state index is -0.982. The third-order valence-electron chi connectivity index (χ3n) is 4.69. The second-order valence-corrected chi connectivity index (χ2v) is 6.30. The van der Waals surface area contributed by atoms with Crippen LogP contribution in [-0.4, -0.2) is 32.3 Å². The first-order valence-corrected chi connectivity index (χ1v) is 8.56. The summed E-state index contributed by atoms with van der Waals surface area (Å²) in [5.74, 6) is -1.35. The zero-order valence-corrected chi connectivity index (χ0v) is 14.9. The number of hydrogen-bond acceptors (Lipinski definition) is 4. The maximum absolute atomic E-state index is 12.4. The molecule has 0 aliphatic heterocycles. The van der Waals surface area contributed by atoms with Crippen LogP contribution in [-0.2, 0) is 16.1 Å². The van der Waals surface area contributed by atoms with Gasteiger partial charge in [0.1, 0.15) is 0 Å². The molecule has 0 fully saturated rings. The summed E-state index contributed by atoms with van der Waals surface area (Å²) in [4.78, 5) is 47.8. The summed E-state index contributed by atoms with van der Waals surface area (Å²) in [5.41, 5.74) is -1.59. The number of carbonyl (C=O) groups excluding carboxylic acids is 1. The van der Waals surface area contributed by atoms with Gasteiger partial charge in [0.15, 0.2) is 0 Å². The smallest absolute Gasteiger partial charge is 0.305 e. The summed E-state index contributed by atoms with van der Waals surface area (Å²) in [6, 6.07) is 6.47. The molecule has 2 aromatic rings. The van der Waals surface area contributed by atoms with Gasteiger partial charge in [-0.3, -0.25) is 24.3 Å². The largest absolute Gasteiger partial charge is 0.481 e. The molecule has 0 atom stereocenters. The summed E-state index contributed by atoms with van der Waals surface area (Å²) in [6.07, 6.45) is 0.747. The van der Waals surface area contributed by atoms with E-state index >= 15 is 0 Å². The molecule has 0 bridgehead atoms. The molecule has 1 amide bonds. The second kappa shape index (κ2) is 7.99. The van der Waals surface area contributed by atoms with Crippen molar-refractivity contribution in [3.05, 3.63) is 45.0 Å². The lowest BCUT2D eigenvalue weighted by atomic mass is 9.89. The van der Waals surface area contributed by atoms with Crippen LogP contribution in [0.5, 0.6) is 0 Å². The number of aryl methyl sites for hydroxylation is 1. The molecule has 3 N–H and O–H groups in total. The van der Waals surface area contributed by atoms with Crippen LogP contribution in [0.15, 0.2) is 33.9 Å². The summed E-state index contributed by atoms with van der Waals surface area (Å²) in [5, 5.41) is 14.9. The van der Waals surface area contributed by atoms with Crippen LogP contribution in [0.1, 0.15) is 39.5 Å². The maximum Gasteiger partial charge on any atom is 0.305 e. The fourth-order valence-corrected chi connectivity index (χ4v) is 2.99. The van der Waals surface area contributed by atoms with E-state index < -0.39 is 17.1 Å². The van der Waals surface area contributed by atoms with E-state index in [1.165, 1.54) is 0 Å².